The monoisotopic (exact) mass is 434 g/mol. The van der Waals surface area contributed by atoms with Crippen LogP contribution in [0.2, 0.25) is 0 Å². The number of anilines is 1. The van der Waals surface area contributed by atoms with E-state index in [-0.39, 0.29) is 29.9 Å². The number of rotatable bonds is 3. The first-order valence-corrected chi connectivity index (χ1v) is 11.1. The zero-order valence-electron chi connectivity index (χ0n) is 19.0. The molecule has 168 valence electrons. The predicted molar refractivity (Wildman–Crippen MR) is 125 cm³/mol. The number of fused-ring (bicyclic) bond motifs is 2. The Balaban J connectivity index is 1.59. The zero-order valence-corrected chi connectivity index (χ0v) is 19.0. The average Bonchev–Trinajstić information content (AvgIpc) is 2.84. The Morgan fingerprint density at radius 3 is 2.66 bits per heavy atom. The van der Waals surface area contributed by atoms with Crippen molar-refractivity contribution < 1.29 is 14.4 Å². The van der Waals surface area contributed by atoms with E-state index in [9.17, 15) is 14.4 Å². The third kappa shape index (κ3) is 4.20. The van der Waals surface area contributed by atoms with Gasteiger partial charge >= 0.3 is 6.03 Å². The third-order valence-corrected chi connectivity index (χ3v) is 6.34. The highest BCUT2D eigenvalue weighted by Crippen LogP contribution is 2.33. The first-order chi connectivity index (χ1) is 15.2. The molecule has 2 aliphatic heterocycles. The summed E-state index contributed by atoms with van der Waals surface area (Å²) >= 11 is 0. The molecule has 2 aromatic carbocycles. The molecule has 7 heteroatoms. The molecule has 4 amide bonds. The van der Waals surface area contributed by atoms with E-state index in [1.807, 2.05) is 44.2 Å². The minimum atomic E-state index is -0.614. The molecule has 7 nitrogen and oxygen atoms in total. The molecule has 2 atom stereocenters. The van der Waals surface area contributed by atoms with Gasteiger partial charge in [-0.25, -0.2) is 4.79 Å². The van der Waals surface area contributed by atoms with Gasteiger partial charge in [-0.15, -0.1) is 0 Å². The van der Waals surface area contributed by atoms with E-state index >= 15 is 0 Å². The molecule has 0 saturated carbocycles. The van der Waals surface area contributed by atoms with Gasteiger partial charge in [-0.1, -0.05) is 24.3 Å². The van der Waals surface area contributed by atoms with E-state index in [0.29, 0.717) is 30.6 Å². The number of carbonyl (C=O) groups excluding carboxylic acids is 3. The van der Waals surface area contributed by atoms with E-state index in [4.69, 9.17) is 0 Å². The van der Waals surface area contributed by atoms with E-state index in [1.54, 1.807) is 4.90 Å². The Bertz CT molecular complexity index is 1080. The van der Waals surface area contributed by atoms with Gasteiger partial charge in [-0.3, -0.25) is 9.59 Å². The van der Waals surface area contributed by atoms with Crippen LogP contribution in [0.25, 0.3) is 11.1 Å². The summed E-state index contributed by atoms with van der Waals surface area (Å²) in [5.41, 5.74) is 5.42. The van der Waals surface area contributed by atoms with E-state index in [2.05, 4.69) is 35.9 Å². The summed E-state index contributed by atoms with van der Waals surface area (Å²) < 4.78 is 0. The summed E-state index contributed by atoms with van der Waals surface area (Å²) in [5.74, 6) is -0.368. The summed E-state index contributed by atoms with van der Waals surface area (Å²) in [5, 5.41) is 8.67. The van der Waals surface area contributed by atoms with Crippen LogP contribution in [0.15, 0.2) is 36.4 Å². The van der Waals surface area contributed by atoms with Crippen LogP contribution in [0.1, 0.15) is 48.2 Å². The van der Waals surface area contributed by atoms with E-state index in [0.717, 1.165) is 11.1 Å². The lowest BCUT2D eigenvalue weighted by molar-refractivity contribution is -0.121. The molecule has 4 rings (SSSR count). The number of hydrogen-bond acceptors (Lipinski definition) is 3. The van der Waals surface area contributed by atoms with Crippen molar-refractivity contribution in [1.82, 2.24) is 15.5 Å². The number of benzene rings is 2. The molecule has 2 aromatic rings. The number of hydrogen-bond donors (Lipinski definition) is 3. The third-order valence-electron chi connectivity index (χ3n) is 6.34. The Kier molecular flexibility index (Phi) is 5.91. The smallest absolute Gasteiger partial charge is 0.315 e. The standard InChI is InChI=1S/C25H30N4O3/c1-14(2)26-25(32)27-18-10-11-29-22(13-18)23(30)28-21-9-8-17(12-20(21)24(29)31)19-7-5-6-15(3)16(19)4/h5-9,12,14,18,22H,10-11,13H2,1-4H3,(H,28,30)(H2,26,27,32). The van der Waals surface area contributed by atoms with Gasteiger partial charge in [0.05, 0.1) is 11.3 Å². The van der Waals surface area contributed by atoms with Crippen LogP contribution in [0.3, 0.4) is 0 Å². The van der Waals surface area contributed by atoms with E-state index < -0.39 is 6.04 Å². The Labute approximate surface area is 188 Å². The van der Waals surface area contributed by atoms with Crippen LogP contribution in [0.4, 0.5) is 10.5 Å². The van der Waals surface area contributed by atoms with Crippen molar-refractivity contribution >= 4 is 23.5 Å². The highest BCUT2D eigenvalue weighted by molar-refractivity contribution is 6.10. The molecule has 1 saturated heterocycles. The Hall–Kier alpha value is -3.35. The minimum absolute atomic E-state index is 0.0265. The molecule has 32 heavy (non-hydrogen) atoms. The number of piperidine rings is 1. The highest BCUT2D eigenvalue weighted by atomic mass is 16.2. The van der Waals surface area contributed by atoms with Crippen molar-refractivity contribution in [3.05, 3.63) is 53.1 Å². The molecule has 2 unspecified atom stereocenters. The number of aryl methyl sites for hydroxylation is 1. The average molecular weight is 435 g/mol. The summed E-state index contributed by atoms with van der Waals surface area (Å²) in [7, 11) is 0. The minimum Gasteiger partial charge on any atom is -0.336 e. The van der Waals surface area contributed by atoms with Gasteiger partial charge in [-0.2, -0.15) is 0 Å². The molecule has 2 aliphatic rings. The van der Waals surface area contributed by atoms with Crippen LogP contribution < -0.4 is 16.0 Å². The fourth-order valence-electron chi connectivity index (χ4n) is 4.51. The molecule has 0 aliphatic carbocycles. The second-order valence-corrected chi connectivity index (χ2v) is 9.01. The lowest BCUT2D eigenvalue weighted by atomic mass is 9.94. The lowest BCUT2D eigenvalue weighted by Crippen LogP contribution is -2.56. The zero-order chi connectivity index (χ0) is 23.0. The van der Waals surface area contributed by atoms with Crippen LogP contribution in [0, 0.1) is 13.8 Å². The second kappa shape index (κ2) is 8.65. The van der Waals surface area contributed by atoms with Crippen molar-refractivity contribution in [3.63, 3.8) is 0 Å². The van der Waals surface area contributed by atoms with Crippen LogP contribution in [0.5, 0.6) is 0 Å². The highest BCUT2D eigenvalue weighted by Gasteiger charge is 2.40. The van der Waals surface area contributed by atoms with Gasteiger partial charge in [0, 0.05) is 18.6 Å². The molecule has 1 fully saturated rings. The van der Waals surface area contributed by atoms with Crippen molar-refractivity contribution in [3.8, 4) is 11.1 Å². The molecule has 0 radical (unpaired) electrons. The predicted octanol–water partition coefficient (Wildman–Crippen LogP) is 3.60. The summed E-state index contributed by atoms with van der Waals surface area (Å²) in [6.45, 7) is 8.34. The topological polar surface area (TPSA) is 90.5 Å². The molecular weight excluding hydrogens is 404 g/mol. The molecule has 0 spiro atoms. The fraction of sp³-hybridized carbons (Fsp3) is 0.400. The van der Waals surface area contributed by atoms with Crippen LogP contribution in [-0.2, 0) is 4.79 Å². The van der Waals surface area contributed by atoms with Gasteiger partial charge in [0.25, 0.3) is 5.91 Å². The number of urea groups is 1. The van der Waals surface area contributed by atoms with Gasteiger partial charge in [0.2, 0.25) is 5.91 Å². The largest absolute Gasteiger partial charge is 0.336 e. The normalized spacial score (nSPS) is 20.2. The second-order valence-electron chi connectivity index (χ2n) is 9.01. The van der Waals surface area contributed by atoms with Crippen LogP contribution >= 0.6 is 0 Å². The Morgan fingerprint density at radius 2 is 1.91 bits per heavy atom. The lowest BCUT2D eigenvalue weighted by Gasteiger charge is -2.37. The van der Waals surface area contributed by atoms with Crippen molar-refractivity contribution in [2.24, 2.45) is 0 Å². The van der Waals surface area contributed by atoms with E-state index in [1.165, 1.54) is 11.1 Å². The van der Waals surface area contributed by atoms with Crippen molar-refractivity contribution in [2.75, 3.05) is 11.9 Å². The van der Waals surface area contributed by atoms with Gasteiger partial charge in [0.15, 0.2) is 0 Å². The summed E-state index contributed by atoms with van der Waals surface area (Å²) in [6.07, 6.45) is 0.994. The number of amides is 4. The summed E-state index contributed by atoms with van der Waals surface area (Å²) in [6, 6.07) is 10.8. The summed E-state index contributed by atoms with van der Waals surface area (Å²) in [4.78, 5) is 40.2. The first-order valence-electron chi connectivity index (χ1n) is 11.1. The van der Waals surface area contributed by atoms with Gasteiger partial charge in [-0.05, 0) is 74.9 Å². The van der Waals surface area contributed by atoms with Crippen LogP contribution in [-0.4, -0.2) is 47.4 Å². The van der Waals surface area contributed by atoms with Gasteiger partial charge < -0.3 is 20.9 Å². The molecule has 3 N–H and O–H groups in total. The molecule has 0 bridgehead atoms. The number of carbonyl (C=O) groups is 3. The maximum atomic E-state index is 13.5. The van der Waals surface area contributed by atoms with Crippen molar-refractivity contribution in [1.29, 1.82) is 0 Å². The SMILES string of the molecule is Cc1cccc(-c2ccc3c(c2)C(=O)N2CCC(NC(=O)NC(C)C)CC2C(=O)N3)c1C. The maximum absolute atomic E-state index is 13.5. The Morgan fingerprint density at radius 1 is 1.12 bits per heavy atom. The first kappa shape index (κ1) is 21.9. The van der Waals surface area contributed by atoms with Gasteiger partial charge in [0.1, 0.15) is 6.04 Å². The molecule has 0 aromatic heterocycles. The number of nitrogens with one attached hydrogen (secondary N) is 3. The maximum Gasteiger partial charge on any atom is 0.315 e. The molecular formula is C25H30N4O3. The number of nitrogens with zero attached hydrogens (tertiary/aromatic N) is 1. The molecule has 2 heterocycles. The fourth-order valence-corrected chi connectivity index (χ4v) is 4.51. The quantitative estimate of drug-likeness (QED) is 0.689. The van der Waals surface area contributed by atoms with Crippen molar-refractivity contribution in [2.45, 2.75) is 58.7 Å².